The molecule has 0 aromatic carbocycles. The van der Waals surface area contributed by atoms with E-state index < -0.39 is 6.10 Å². The summed E-state index contributed by atoms with van der Waals surface area (Å²) in [6.07, 6.45) is 1.14. The highest BCUT2D eigenvalue weighted by molar-refractivity contribution is 8.07. The van der Waals surface area contributed by atoms with E-state index in [0.29, 0.717) is 16.7 Å². The molecule has 1 saturated heterocycles. The third kappa shape index (κ3) is 2.89. The number of aromatic nitrogens is 1. The second kappa shape index (κ2) is 5.98. The van der Waals surface area contributed by atoms with Crippen molar-refractivity contribution in [3.8, 4) is 5.75 Å². The van der Waals surface area contributed by atoms with Crippen molar-refractivity contribution >= 4 is 23.5 Å². The van der Waals surface area contributed by atoms with Crippen LogP contribution in [0.5, 0.6) is 5.75 Å². The highest BCUT2D eigenvalue weighted by Crippen LogP contribution is 2.39. The van der Waals surface area contributed by atoms with Crippen molar-refractivity contribution in [2.24, 2.45) is 0 Å². The van der Waals surface area contributed by atoms with E-state index in [2.05, 4.69) is 11.9 Å². The number of aliphatic hydroxyl groups excluding tert-OH is 1. The lowest BCUT2D eigenvalue weighted by Crippen LogP contribution is -2.30. The normalized spacial score (nSPS) is 26.5. The minimum atomic E-state index is -0.557. The van der Waals surface area contributed by atoms with E-state index in [1.807, 2.05) is 35.7 Å². The van der Waals surface area contributed by atoms with Gasteiger partial charge in [-0.25, -0.2) is 0 Å². The molecular formula is C12H17NO2S2. The summed E-state index contributed by atoms with van der Waals surface area (Å²) in [4.78, 5) is 4.26. The van der Waals surface area contributed by atoms with Gasteiger partial charge < -0.3 is 9.84 Å². The summed E-state index contributed by atoms with van der Waals surface area (Å²) in [6.45, 7) is 2.17. The molecule has 2 rings (SSSR count). The van der Waals surface area contributed by atoms with Gasteiger partial charge in [-0.05, 0) is 12.1 Å². The number of thioether (sulfide) groups is 2. The average Bonchev–Trinajstić information content (AvgIpc) is 2.38. The Hall–Kier alpha value is -0.390. The maximum absolute atomic E-state index is 10.5. The van der Waals surface area contributed by atoms with Gasteiger partial charge in [0, 0.05) is 28.2 Å². The Morgan fingerprint density at radius 2 is 2.24 bits per heavy atom. The first-order chi connectivity index (χ1) is 8.24. The Morgan fingerprint density at radius 3 is 2.94 bits per heavy atom. The van der Waals surface area contributed by atoms with Crippen LogP contribution < -0.4 is 4.74 Å². The van der Waals surface area contributed by atoms with Crippen LogP contribution in [0.25, 0.3) is 0 Å². The van der Waals surface area contributed by atoms with Gasteiger partial charge >= 0.3 is 0 Å². The highest BCUT2D eigenvalue weighted by Gasteiger charge is 2.32. The SMILES string of the molecule is COc1cccnc1C(O)C1SCCSC1C. The summed E-state index contributed by atoms with van der Waals surface area (Å²) >= 11 is 3.74. The lowest BCUT2D eigenvalue weighted by atomic mass is 10.1. The third-order valence-electron chi connectivity index (χ3n) is 2.85. The molecule has 0 bridgehead atoms. The first kappa shape index (κ1) is 13.1. The molecule has 1 aromatic rings. The molecule has 17 heavy (non-hydrogen) atoms. The van der Waals surface area contributed by atoms with Gasteiger partial charge in [-0.2, -0.15) is 23.5 Å². The Labute approximate surface area is 110 Å². The zero-order valence-corrected chi connectivity index (χ0v) is 11.6. The van der Waals surface area contributed by atoms with Gasteiger partial charge in [-0.1, -0.05) is 6.92 Å². The summed E-state index contributed by atoms with van der Waals surface area (Å²) in [5, 5.41) is 11.1. The molecule has 1 fully saturated rings. The fourth-order valence-corrected chi connectivity index (χ4v) is 4.76. The lowest BCUT2D eigenvalue weighted by molar-refractivity contribution is 0.165. The molecule has 5 heteroatoms. The fraction of sp³-hybridized carbons (Fsp3) is 0.583. The zero-order chi connectivity index (χ0) is 12.3. The topological polar surface area (TPSA) is 42.4 Å². The summed E-state index contributed by atoms with van der Waals surface area (Å²) in [5.41, 5.74) is 0.654. The van der Waals surface area contributed by atoms with Gasteiger partial charge in [0.1, 0.15) is 17.5 Å². The van der Waals surface area contributed by atoms with Crippen molar-refractivity contribution < 1.29 is 9.84 Å². The quantitative estimate of drug-likeness (QED) is 0.914. The van der Waals surface area contributed by atoms with Crippen molar-refractivity contribution in [2.75, 3.05) is 18.6 Å². The molecule has 94 valence electrons. The summed E-state index contributed by atoms with van der Waals surface area (Å²) < 4.78 is 5.25. The number of rotatable bonds is 3. The Bertz CT molecular complexity index is 375. The number of aliphatic hydroxyl groups is 1. The first-order valence-electron chi connectivity index (χ1n) is 5.64. The second-order valence-electron chi connectivity index (χ2n) is 3.95. The molecule has 0 saturated carbocycles. The maximum Gasteiger partial charge on any atom is 0.143 e. The van der Waals surface area contributed by atoms with Crippen LogP contribution in [0.3, 0.4) is 0 Å². The smallest absolute Gasteiger partial charge is 0.143 e. The van der Waals surface area contributed by atoms with Gasteiger partial charge in [-0.15, -0.1) is 0 Å². The van der Waals surface area contributed by atoms with Crippen LogP contribution in [0.1, 0.15) is 18.7 Å². The van der Waals surface area contributed by atoms with Crippen LogP contribution in [-0.2, 0) is 0 Å². The number of methoxy groups -OCH3 is 1. The molecule has 1 aliphatic heterocycles. The van der Waals surface area contributed by atoms with E-state index in [0.717, 1.165) is 11.5 Å². The average molecular weight is 271 g/mol. The Kier molecular flexibility index (Phi) is 4.59. The van der Waals surface area contributed by atoms with Crippen LogP contribution in [0, 0.1) is 0 Å². The van der Waals surface area contributed by atoms with Crippen molar-refractivity contribution in [3.63, 3.8) is 0 Å². The molecule has 0 amide bonds. The minimum absolute atomic E-state index is 0.192. The van der Waals surface area contributed by atoms with Crippen molar-refractivity contribution in [1.82, 2.24) is 4.98 Å². The zero-order valence-electron chi connectivity index (χ0n) is 10.00. The van der Waals surface area contributed by atoms with E-state index in [9.17, 15) is 5.11 Å². The monoisotopic (exact) mass is 271 g/mol. The van der Waals surface area contributed by atoms with Crippen molar-refractivity contribution in [3.05, 3.63) is 24.0 Å². The molecule has 3 nitrogen and oxygen atoms in total. The predicted octanol–water partition coefficient (Wildman–Crippen LogP) is 2.36. The molecule has 0 radical (unpaired) electrons. The number of ether oxygens (including phenoxy) is 1. The van der Waals surface area contributed by atoms with E-state index in [1.54, 1.807) is 13.3 Å². The van der Waals surface area contributed by atoms with E-state index in [1.165, 1.54) is 0 Å². The van der Waals surface area contributed by atoms with Crippen LogP contribution in [0.4, 0.5) is 0 Å². The van der Waals surface area contributed by atoms with Gasteiger partial charge in [0.25, 0.3) is 0 Å². The number of pyridine rings is 1. The molecule has 0 spiro atoms. The van der Waals surface area contributed by atoms with Crippen molar-refractivity contribution in [1.29, 1.82) is 0 Å². The van der Waals surface area contributed by atoms with E-state index in [4.69, 9.17) is 4.74 Å². The summed E-state index contributed by atoms with van der Waals surface area (Å²) in [5.74, 6) is 2.92. The predicted molar refractivity (Wildman–Crippen MR) is 73.9 cm³/mol. The van der Waals surface area contributed by atoms with Crippen LogP contribution in [-0.4, -0.2) is 39.2 Å². The van der Waals surface area contributed by atoms with Gasteiger partial charge in [0.05, 0.1) is 7.11 Å². The molecule has 2 heterocycles. The fourth-order valence-electron chi connectivity index (χ4n) is 1.95. The van der Waals surface area contributed by atoms with Gasteiger partial charge in [0.15, 0.2) is 0 Å². The number of hydrogen-bond donors (Lipinski definition) is 1. The Morgan fingerprint density at radius 1 is 1.47 bits per heavy atom. The van der Waals surface area contributed by atoms with Crippen molar-refractivity contribution in [2.45, 2.75) is 23.5 Å². The maximum atomic E-state index is 10.5. The molecule has 3 unspecified atom stereocenters. The number of hydrogen-bond acceptors (Lipinski definition) is 5. The molecular weight excluding hydrogens is 254 g/mol. The molecule has 3 atom stereocenters. The highest BCUT2D eigenvalue weighted by atomic mass is 32.2. The largest absolute Gasteiger partial charge is 0.495 e. The third-order valence-corrected chi connectivity index (χ3v) is 6.03. The molecule has 1 aliphatic rings. The lowest BCUT2D eigenvalue weighted by Gasteiger charge is -2.31. The number of nitrogens with zero attached hydrogens (tertiary/aromatic N) is 1. The molecule has 1 aromatic heterocycles. The van der Waals surface area contributed by atoms with Crippen LogP contribution in [0.15, 0.2) is 18.3 Å². The summed E-state index contributed by atoms with van der Waals surface area (Å²) in [6, 6.07) is 3.66. The molecule has 1 N–H and O–H groups in total. The minimum Gasteiger partial charge on any atom is -0.495 e. The second-order valence-corrected chi connectivity index (χ2v) is 6.72. The van der Waals surface area contributed by atoms with E-state index in [-0.39, 0.29) is 5.25 Å². The van der Waals surface area contributed by atoms with E-state index >= 15 is 0 Å². The standard InChI is InChI=1S/C12H17NO2S2/c1-8-12(17-7-6-16-8)11(14)10-9(15-2)4-3-5-13-10/h3-5,8,11-12,14H,6-7H2,1-2H3. The van der Waals surface area contributed by atoms with Gasteiger partial charge in [-0.3, -0.25) is 4.98 Å². The van der Waals surface area contributed by atoms with Crippen LogP contribution >= 0.6 is 23.5 Å². The summed E-state index contributed by atoms with van der Waals surface area (Å²) in [7, 11) is 1.61. The Balaban J connectivity index is 2.20. The van der Waals surface area contributed by atoms with Gasteiger partial charge in [0.2, 0.25) is 0 Å². The molecule has 0 aliphatic carbocycles. The van der Waals surface area contributed by atoms with Crippen LogP contribution in [0.2, 0.25) is 0 Å². The first-order valence-corrected chi connectivity index (χ1v) is 7.74.